The maximum absolute atomic E-state index is 12.4. The van der Waals surface area contributed by atoms with E-state index in [-0.39, 0.29) is 11.9 Å². The van der Waals surface area contributed by atoms with Gasteiger partial charge in [0.2, 0.25) is 5.91 Å². The number of nitrogens with one attached hydrogen (secondary N) is 1. The Morgan fingerprint density at radius 1 is 1.15 bits per heavy atom. The van der Waals surface area contributed by atoms with Gasteiger partial charge in [-0.2, -0.15) is 5.10 Å². The SMILES string of the molecule is O=C(CCc1cnn(-c2ccccc2)c1)NC1CCOc2ccccc21. The molecule has 0 fully saturated rings. The Bertz CT molecular complexity index is 889. The molecule has 3 aromatic rings. The van der Waals surface area contributed by atoms with Gasteiger partial charge >= 0.3 is 0 Å². The molecule has 132 valence electrons. The number of hydrogen-bond acceptors (Lipinski definition) is 3. The molecule has 4 rings (SSSR count). The second-order valence-electron chi connectivity index (χ2n) is 6.42. The van der Waals surface area contributed by atoms with Gasteiger partial charge in [-0.1, -0.05) is 36.4 Å². The average Bonchev–Trinajstić information content (AvgIpc) is 3.17. The lowest BCUT2D eigenvalue weighted by Crippen LogP contribution is -2.32. The molecule has 0 saturated heterocycles. The molecular formula is C21H21N3O2. The lowest BCUT2D eigenvalue weighted by Gasteiger charge is -2.26. The molecule has 5 nitrogen and oxygen atoms in total. The third-order valence-electron chi connectivity index (χ3n) is 4.59. The maximum Gasteiger partial charge on any atom is 0.220 e. The van der Waals surface area contributed by atoms with E-state index in [1.807, 2.05) is 71.7 Å². The van der Waals surface area contributed by atoms with Crippen LogP contribution in [0.15, 0.2) is 67.0 Å². The van der Waals surface area contributed by atoms with E-state index in [0.717, 1.165) is 29.0 Å². The summed E-state index contributed by atoms with van der Waals surface area (Å²) >= 11 is 0. The lowest BCUT2D eigenvalue weighted by molar-refractivity contribution is -0.122. The Labute approximate surface area is 152 Å². The standard InChI is InChI=1S/C21H21N3O2/c25-21(23-19-12-13-26-20-9-5-4-8-18(19)20)11-10-16-14-22-24(15-16)17-6-2-1-3-7-17/h1-9,14-15,19H,10-13H2,(H,23,25). The molecule has 0 radical (unpaired) electrons. The van der Waals surface area contributed by atoms with E-state index in [2.05, 4.69) is 10.4 Å². The van der Waals surface area contributed by atoms with E-state index in [0.29, 0.717) is 19.4 Å². The molecule has 1 aliphatic rings. The fraction of sp³-hybridized carbons (Fsp3) is 0.238. The number of nitrogens with zero attached hydrogens (tertiary/aromatic N) is 2. The number of carbonyl (C=O) groups excluding carboxylic acids is 1. The van der Waals surface area contributed by atoms with Gasteiger partial charge < -0.3 is 10.1 Å². The lowest BCUT2D eigenvalue weighted by atomic mass is 10.0. The number of aromatic nitrogens is 2. The topological polar surface area (TPSA) is 56.2 Å². The second-order valence-corrected chi connectivity index (χ2v) is 6.42. The highest BCUT2D eigenvalue weighted by atomic mass is 16.5. The number of amides is 1. The first-order valence-electron chi connectivity index (χ1n) is 8.90. The molecule has 0 spiro atoms. The van der Waals surface area contributed by atoms with Crippen molar-refractivity contribution in [2.24, 2.45) is 0 Å². The first kappa shape index (κ1) is 16.4. The quantitative estimate of drug-likeness (QED) is 0.769. The summed E-state index contributed by atoms with van der Waals surface area (Å²) in [6.45, 7) is 0.631. The van der Waals surface area contributed by atoms with Gasteiger partial charge in [0.15, 0.2) is 0 Å². The predicted molar refractivity (Wildman–Crippen MR) is 99.3 cm³/mol. The highest BCUT2D eigenvalue weighted by Gasteiger charge is 2.22. The zero-order valence-electron chi connectivity index (χ0n) is 14.5. The Hall–Kier alpha value is -3.08. The monoisotopic (exact) mass is 347 g/mol. The van der Waals surface area contributed by atoms with Gasteiger partial charge in [0, 0.05) is 24.6 Å². The average molecular weight is 347 g/mol. The van der Waals surface area contributed by atoms with Crippen molar-refractivity contribution in [1.82, 2.24) is 15.1 Å². The summed E-state index contributed by atoms with van der Waals surface area (Å²) in [7, 11) is 0. The van der Waals surface area contributed by atoms with Gasteiger partial charge in [-0.25, -0.2) is 4.68 Å². The molecule has 1 atom stereocenters. The molecular weight excluding hydrogens is 326 g/mol. The van der Waals surface area contributed by atoms with Crippen LogP contribution >= 0.6 is 0 Å². The van der Waals surface area contributed by atoms with Crippen LogP contribution in [0.3, 0.4) is 0 Å². The zero-order chi connectivity index (χ0) is 17.8. The fourth-order valence-corrected chi connectivity index (χ4v) is 3.23. The molecule has 1 N–H and O–H groups in total. The van der Waals surface area contributed by atoms with Gasteiger partial charge in [-0.05, 0) is 30.2 Å². The Morgan fingerprint density at radius 3 is 2.85 bits per heavy atom. The molecule has 0 saturated carbocycles. The van der Waals surface area contributed by atoms with E-state index >= 15 is 0 Å². The number of fused-ring (bicyclic) bond motifs is 1. The first-order valence-corrected chi connectivity index (χ1v) is 8.90. The molecule has 1 aliphatic heterocycles. The van der Waals surface area contributed by atoms with Crippen molar-refractivity contribution in [3.8, 4) is 11.4 Å². The van der Waals surface area contributed by atoms with E-state index < -0.39 is 0 Å². The van der Waals surface area contributed by atoms with E-state index in [4.69, 9.17) is 4.74 Å². The third-order valence-corrected chi connectivity index (χ3v) is 4.59. The number of hydrogen-bond donors (Lipinski definition) is 1. The molecule has 26 heavy (non-hydrogen) atoms. The third kappa shape index (κ3) is 3.61. The smallest absolute Gasteiger partial charge is 0.220 e. The highest BCUT2D eigenvalue weighted by molar-refractivity contribution is 5.76. The summed E-state index contributed by atoms with van der Waals surface area (Å²) in [5.74, 6) is 0.923. The first-order chi connectivity index (χ1) is 12.8. The largest absolute Gasteiger partial charge is 0.493 e. The van der Waals surface area contributed by atoms with Crippen LogP contribution < -0.4 is 10.1 Å². The number of benzene rings is 2. The molecule has 1 unspecified atom stereocenters. The normalized spacial score (nSPS) is 15.8. The van der Waals surface area contributed by atoms with Crippen molar-refractivity contribution in [3.63, 3.8) is 0 Å². The summed E-state index contributed by atoms with van der Waals surface area (Å²) < 4.78 is 7.48. The Morgan fingerprint density at radius 2 is 1.96 bits per heavy atom. The number of carbonyl (C=O) groups is 1. The number of para-hydroxylation sites is 2. The fourth-order valence-electron chi connectivity index (χ4n) is 3.23. The van der Waals surface area contributed by atoms with E-state index in [1.165, 1.54) is 0 Å². The van der Waals surface area contributed by atoms with Crippen molar-refractivity contribution < 1.29 is 9.53 Å². The molecule has 0 aliphatic carbocycles. The Kier molecular flexibility index (Phi) is 4.69. The van der Waals surface area contributed by atoms with Crippen molar-refractivity contribution in [1.29, 1.82) is 0 Å². The van der Waals surface area contributed by atoms with Crippen LogP contribution in [0, 0.1) is 0 Å². The summed E-state index contributed by atoms with van der Waals surface area (Å²) in [4.78, 5) is 12.4. The molecule has 0 bridgehead atoms. The van der Waals surface area contributed by atoms with Crippen LogP contribution in [0.25, 0.3) is 5.69 Å². The summed E-state index contributed by atoms with van der Waals surface area (Å²) in [6, 6.07) is 17.9. The summed E-state index contributed by atoms with van der Waals surface area (Å²) in [6.07, 6.45) is 5.72. The molecule has 1 aromatic heterocycles. The highest BCUT2D eigenvalue weighted by Crippen LogP contribution is 2.31. The van der Waals surface area contributed by atoms with Crippen LogP contribution in [-0.2, 0) is 11.2 Å². The van der Waals surface area contributed by atoms with E-state index in [9.17, 15) is 4.79 Å². The number of aryl methyl sites for hydroxylation is 1. The molecule has 1 amide bonds. The summed E-state index contributed by atoms with van der Waals surface area (Å²) in [5, 5.41) is 7.52. The van der Waals surface area contributed by atoms with Crippen molar-refractivity contribution >= 4 is 5.91 Å². The van der Waals surface area contributed by atoms with Crippen LogP contribution in [0.4, 0.5) is 0 Å². The van der Waals surface area contributed by atoms with Crippen molar-refractivity contribution in [2.75, 3.05) is 6.61 Å². The van der Waals surface area contributed by atoms with Gasteiger partial charge in [0.25, 0.3) is 0 Å². The van der Waals surface area contributed by atoms with Crippen LogP contribution in [0.2, 0.25) is 0 Å². The van der Waals surface area contributed by atoms with E-state index in [1.54, 1.807) is 0 Å². The molecule has 2 heterocycles. The van der Waals surface area contributed by atoms with Crippen molar-refractivity contribution in [2.45, 2.75) is 25.3 Å². The van der Waals surface area contributed by atoms with Gasteiger partial charge in [-0.15, -0.1) is 0 Å². The number of rotatable bonds is 5. The summed E-state index contributed by atoms with van der Waals surface area (Å²) in [5.41, 5.74) is 3.13. The second kappa shape index (κ2) is 7.44. The van der Waals surface area contributed by atoms with Crippen LogP contribution in [0.1, 0.15) is 30.0 Å². The minimum atomic E-state index is 0.0273. The predicted octanol–water partition coefficient (Wildman–Crippen LogP) is 3.44. The molecule has 5 heteroatoms. The van der Waals surface area contributed by atoms with Crippen molar-refractivity contribution in [3.05, 3.63) is 78.1 Å². The van der Waals surface area contributed by atoms with Crippen LogP contribution in [-0.4, -0.2) is 22.3 Å². The molecule has 2 aromatic carbocycles. The minimum Gasteiger partial charge on any atom is -0.493 e. The maximum atomic E-state index is 12.4. The van der Waals surface area contributed by atoms with Gasteiger partial charge in [0.05, 0.1) is 24.5 Å². The zero-order valence-corrected chi connectivity index (χ0v) is 14.5. The van der Waals surface area contributed by atoms with Gasteiger partial charge in [-0.3, -0.25) is 4.79 Å². The number of ether oxygens (including phenoxy) is 1. The van der Waals surface area contributed by atoms with Gasteiger partial charge in [0.1, 0.15) is 5.75 Å². The Balaban J connectivity index is 1.35. The minimum absolute atomic E-state index is 0.0273. The van der Waals surface area contributed by atoms with Crippen LogP contribution in [0.5, 0.6) is 5.75 Å².